The smallest absolute Gasteiger partial charge is 0.408 e. The van der Waals surface area contributed by atoms with Crippen LogP contribution in [0, 0.1) is 21.7 Å². The number of nitrogens with one attached hydrogen (secondary N) is 2. The second kappa shape index (κ2) is 26.0. The zero-order valence-corrected chi connectivity index (χ0v) is 67.0. The number of unbranched alkanes of at least 4 members (excludes halogenated alkanes) is 2. The van der Waals surface area contributed by atoms with Gasteiger partial charge in [-0.3, -0.25) is 4.79 Å². The zero-order chi connectivity index (χ0) is 75.4. The highest BCUT2D eigenvalue weighted by molar-refractivity contribution is 6.04. The van der Waals surface area contributed by atoms with Crippen LogP contribution in [0.25, 0.3) is 100 Å². The Hall–Kier alpha value is -9.06. The van der Waals surface area contributed by atoms with Crippen molar-refractivity contribution < 1.29 is 14.3 Å². The van der Waals surface area contributed by atoms with E-state index in [0.717, 1.165) is 80.2 Å². The van der Waals surface area contributed by atoms with Gasteiger partial charge in [0, 0.05) is 32.9 Å². The molecular weight excluding hydrogens is 1330 g/mol. The molecule has 4 fully saturated rings. The molecule has 4 spiro atoms. The predicted octanol–water partition coefficient (Wildman–Crippen LogP) is 27.9. The standard InChI is InChI=1S/C104H112N2O3/c1-13-22-25-34-91(106-95(108)109-96(10,11)12)94(107)105-92-57-75(67-32-28-24-29-33-67)56-90-93(92)82-48-41-74(55-89(82)104(90)64-100(20-8,21-9)65-104)73-40-47-81-80-46-39-72(53-87(80)103(88(81)54-73)62-99(18-6,19-7)63-103)71-38-45-79-78-44-37-70(51-85(78)102(86(79)52-71)60-98(16-4,17-5)61-102)69-36-43-77-76-42-35-68(66-30-26-23-27-31-66)49-83(76)101(84(77)50-69)58-97(14-2,15-3)59-101/h23-24,26-33,35-57,91H,13-22,25,34,58-65H2,1-12H3,(H,105,107)(H,106,108). The first-order chi connectivity index (χ1) is 52.6. The molecule has 0 saturated heterocycles. The van der Waals surface area contributed by atoms with E-state index in [0.29, 0.717) is 17.3 Å². The van der Waals surface area contributed by atoms with Crippen molar-refractivity contribution >= 4 is 17.7 Å². The van der Waals surface area contributed by atoms with Gasteiger partial charge >= 0.3 is 6.09 Å². The Kier molecular flexibility index (Phi) is 17.1. The first-order valence-electron chi connectivity index (χ1n) is 42.3. The van der Waals surface area contributed by atoms with E-state index in [4.69, 9.17) is 4.74 Å². The van der Waals surface area contributed by atoms with Gasteiger partial charge in [-0.25, -0.2) is 4.79 Å². The first-order valence-corrected chi connectivity index (χ1v) is 42.3. The maximum Gasteiger partial charge on any atom is 0.408 e. The number of carbonyl (C=O) groups excluding carboxylic acids is 2. The third kappa shape index (κ3) is 10.9. The summed E-state index contributed by atoms with van der Waals surface area (Å²) in [6.07, 6.45) is 21.3. The van der Waals surface area contributed by atoms with Crippen LogP contribution in [0.15, 0.2) is 200 Å². The van der Waals surface area contributed by atoms with Gasteiger partial charge in [0.25, 0.3) is 0 Å². The SMILES string of the molecule is CCCCCC(NC(=O)OC(C)(C)C)C(=O)Nc1cc(-c2ccccc2)cc2c1-c1ccc(-c3ccc4c(c3)C3(CC(CC)(CC)C3)c3cc(-c5ccc6c(c5)C5(CC(CC)(CC)C5)c5cc(-c7ccc8c(c7)C7(CC(CC)(CC)C7)c7cc(-c9ccccc9)ccc7-8)ccc5-6)ccc3-4)cc1C21CC(CC)(CC)C1. The van der Waals surface area contributed by atoms with Crippen molar-refractivity contribution in [3.63, 3.8) is 0 Å². The average Bonchev–Trinajstić information content (AvgIpc) is 1.52. The molecule has 0 aromatic heterocycles. The third-order valence-electron chi connectivity index (χ3n) is 30.5. The van der Waals surface area contributed by atoms with Crippen LogP contribution >= 0.6 is 0 Å². The van der Waals surface area contributed by atoms with Crippen LogP contribution in [0.3, 0.4) is 0 Å². The second-order valence-electron chi connectivity index (χ2n) is 36.8. The molecule has 5 heteroatoms. The van der Waals surface area contributed by atoms with E-state index < -0.39 is 17.7 Å². The molecule has 0 aliphatic heterocycles. The minimum atomic E-state index is -0.766. The average molecular weight is 1440 g/mol. The third-order valence-corrected chi connectivity index (χ3v) is 30.5. The summed E-state index contributed by atoms with van der Waals surface area (Å²) in [7, 11) is 0. The van der Waals surface area contributed by atoms with Crippen molar-refractivity contribution in [3.8, 4) is 100 Å². The molecule has 4 saturated carbocycles. The van der Waals surface area contributed by atoms with Gasteiger partial charge in [0.15, 0.2) is 0 Å². The highest BCUT2D eigenvalue weighted by atomic mass is 16.6. The number of carbonyl (C=O) groups is 2. The molecule has 8 aliphatic rings. The van der Waals surface area contributed by atoms with Gasteiger partial charge in [0.1, 0.15) is 11.6 Å². The minimum Gasteiger partial charge on any atom is -0.444 e. The number of benzene rings is 10. The van der Waals surface area contributed by atoms with E-state index in [-0.39, 0.29) is 38.4 Å². The van der Waals surface area contributed by atoms with Crippen molar-refractivity contribution in [1.82, 2.24) is 5.32 Å². The Labute approximate surface area is 649 Å². The molecule has 0 bridgehead atoms. The Morgan fingerprint density at radius 3 is 0.936 bits per heavy atom. The van der Waals surface area contributed by atoms with E-state index in [1.54, 1.807) is 11.1 Å². The molecule has 5 nitrogen and oxygen atoms in total. The van der Waals surface area contributed by atoms with Gasteiger partial charge in [-0.15, -0.1) is 0 Å². The van der Waals surface area contributed by atoms with E-state index in [1.165, 1.54) is 181 Å². The molecule has 18 rings (SSSR count). The number of ether oxygens (including phenoxy) is 1. The molecule has 1 unspecified atom stereocenters. The zero-order valence-electron chi connectivity index (χ0n) is 67.0. The summed E-state index contributed by atoms with van der Waals surface area (Å²) in [4.78, 5) is 28.5. The van der Waals surface area contributed by atoms with E-state index in [1.807, 2.05) is 20.8 Å². The Bertz CT molecular complexity index is 5280. The van der Waals surface area contributed by atoms with Gasteiger partial charge < -0.3 is 15.4 Å². The molecule has 0 heterocycles. The van der Waals surface area contributed by atoms with Crippen LogP contribution in [0.1, 0.15) is 256 Å². The Morgan fingerprint density at radius 2 is 0.624 bits per heavy atom. The summed E-state index contributed by atoms with van der Waals surface area (Å²) >= 11 is 0. The van der Waals surface area contributed by atoms with E-state index >= 15 is 4.79 Å². The number of rotatable bonds is 20. The first kappa shape index (κ1) is 71.5. The van der Waals surface area contributed by atoms with Gasteiger partial charge in [0.05, 0.1) is 0 Å². The fraction of sp³-hybridized carbons (Fsp3) is 0.404. The molecule has 10 aromatic rings. The molecule has 10 aromatic carbocycles. The lowest BCUT2D eigenvalue weighted by atomic mass is 9.47. The minimum absolute atomic E-state index is 0.0271. The van der Waals surface area contributed by atoms with Gasteiger partial charge in [-0.05, 0) is 294 Å². The number of fused-ring (bicyclic) bond motifs is 20. The fourth-order valence-electron chi connectivity index (χ4n) is 23.9. The second-order valence-corrected chi connectivity index (χ2v) is 36.8. The molecule has 2 N–H and O–H groups in total. The van der Waals surface area contributed by atoms with Crippen molar-refractivity contribution in [2.24, 2.45) is 21.7 Å². The predicted molar refractivity (Wildman–Crippen MR) is 453 cm³/mol. The van der Waals surface area contributed by atoms with Crippen LogP contribution in [0.5, 0.6) is 0 Å². The lowest BCUT2D eigenvalue weighted by Gasteiger charge is -2.56. The maximum atomic E-state index is 15.0. The monoisotopic (exact) mass is 1440 g/mol. The normalized spacial score (nSPS) is 18.9. The molecule has 2 amide bonds. The fourth-order valence-corrected chi connectivity index (χ4v) is 23.9. The number of anilines is 1. The van der Waals surface area contributed by atoms with Gasteiger partial charge in [-0.1, -0.05) is 279 Å². The Balaban J connectivity index is 0.695. The van der Waals surface area contributed by atoms with Crippen LogP contribution in [-0.2, 0) is 31.2 Å². The molecule has 1 atom stereocenters. The van der Waals surface area contributed by atoms with Crippen molar-refractivity contribution in [1.29, 1.82) is 0 Å². The highest BCUT2D eigenvalue weighted by Crippen LogP contribution is 2.73. The molecule has 109 heavy (non-hydrogen) atoms. The number of hydrogen-bond acceptors (Lipinski definition) is 3. The quantitative estimate of drug-likeness (QED) is 0.0747. The highest BCUT2D eigenvalue weighted by Gasteiger charge is 2.63. The van der Waals surface area contributed by atoms with E-state index in [9.17, 15) is 4.79 Å². The lowest BCUT2D eigenvalue weighted by Crippen LogP contribution is -2.49. The van der Waals surface area contributed by atoms with Crippen LogP contribution in [0.4, 0.5) is 10.5 Å². The van der Waals surface area contributed by atoms with Crippen molar-refractivity contribution in [2.75, 3.05) is 5.32 Å². The maximum absolute atomic E-state index is 15.0. The van der Waals surface area contributed by atoms with Crippen molar-refractivity contribution in [3.05, 3.63) is 245 Å². The summed E-state index contributed by atoms with van der Waals surface area (Å²) in [5.74, 6) is -0.220. The number of alkyl carbamates (subject to hydrolysis) is 1. The summed E-state index contributed by atoms with van der Waals surface area (Å²) < 4.78 is 5.77. The summed E-state index contributed by atoms with van der Waals surface area (Å²) in [6, 6.07) is 78.2. The summed E-state index contributed by atoms with van der Waals surface area (Å²) in [6.45, 7) is 27.1. The Morgan fingerprint density at radius 1 is 0.339 bits per heavy atom. The van der Waals surface area contributed by atoms with Crippen molar-refractivity contribution in [2.45, 2.75) is 245 Å². The number of amides is 2. The molecule has 8 aliphatic carbocycles. The van der Waals surface area contributed by atoms with Gasteiger partial charge in [0.2, 0.25) is 5.91 Å². The topological polar surface area (TPSA) is 67.4 Å². The lowest BCUT2D eigenvalue weighted by molar-refractivity contribution is -0.118. The molecule has 0 radical (unpaired) electrons. The summed E-state index contributed by atoms with van der Waals surface area (Å²) in [5.41, 5.74) is 36.2. The van der Waals surface area contributed by atoms with Gasteiger partial charge in [-0.2, -0.15) is 0 Å². The molecular formula is C104H112N2O3. The largest absolute Gasteiger partial charge is 0.444 e. The van der Waals surface area contributed by atoms with Crippen LogP contribution in [0.2, 0.25) is 0 Å². The molecule has 556 valence electrons. The van der Waals surface area contributed by atoms with Crippen LogP contribution < -0.4 is 10.6 Å². The van der Waals surface area contributed by atoms with E-state index in [2.05, 4.69) is 273 Å². The van der Waals surface area contributed by atoms with Crippen LogP contribution in [-0.4, -0.2) is 23.6 Å². The number of hydrogen-bond donors (Lipinski definition) is 2. The summed E-state index contributed by atoms with van der Waals surface area (Å²) in [5, 5.41) is 6.51.